The molecule has 1 amide bonds. The Balaban J connectivity index is 2.03. The second-order valence-corrected chi connectivity index (χ2v) is 7.21. The summed E-state index contributed by atoms with van der Waals surface area (Å²) in [4.78, 5) is 19.4. The number of methoxy groups -OCH3 is 1. The van der Waals surface area contributed by atoms with E-state index in [0.717, 1.165) is 50.6 Å². The minimum Gasteiger partial charge on any atom is -0.384 e. The fraction of sp³-hybridized carbons (Fsp3) is 0.619. The number of nitrogens with one attached hydrogen (secondary N) is 2. The van der Waals surface area contributed by atoms with Crippen LogP contribution in [-0.4, -0.2) is 56.2 Å². The van der Waals surface area contributed by atoms with Crippen molar-refractivity contribution in [3.8, 4) is 0 Å². The highest BCUT2D eigenvalue weighted by Crippen LogP contribution is 2.17. The van der Waals surface area contributed by atoms with Crippen LogP contribution in [0.4, 0.5) is 0 Å². The van der Waals surface area contributed by atoms with Gasteiger partial charge < -0.3 is 20.3 Å². The number of carbonyl (C=O) groups is 1. The molecule has 0 radical (unpaired) electrons. The third-order valence-electron chi connectivity index (χ3n) is 4.91. The average Bonchev–Trinajstić information content (AvgIpc) is 3.14. The first-order valence-corrected chi connectivity index (χ1v) is 9.99. The Morgan fingerprint density at radius 1 is 1.41 bits per heavy atom. The molecular formula is C21H34N4O2. The van der Waals surface area contributed by atoms with Gasteiger partial charge in [0, 0.05) is 44.3 Å². The van der Waals surface area contributed by atoms with Gasteiger partial charge in [-0.05, 0) is 44.4 Å². The Labute approximate surface area is 163 Å². The lowest BCUT2D eigenvalue weighted by Crippen LogP contribution is -2.40. The lowest BCUT2D eigenvalue weighted by Gasteiger charge is -2.21. The van der Waals surface area contributed by atoms with Gasteiger partial charge in [0.2, 0.25) is 0 Å². The molecule has 2 N–H and O–H groups in total. The van der Waals surface area contributed by atoms with Crippen molar-refractivity contribution >= 4 is 11.9 Å². The van der Waals surface area contributed by atoms with Crippen molar-refractivity contribution in [3.05, 3.63) is 35.4 Å². The number of hydrogen-bond donors (Lipinski definition) is 2. The molecule has 6 nitrogen and oxygen atoms in total. The molecule has 1 aliphatic rings. The van der Waals surface area contributed by atoms with Crippen LogP contribution in [0.1, 0.15) is 49.5 Å². The van der Waals surface area contributed by atoms with E-state index in [-0.39, 0.29) is 11.9 Å². The normalized spacial score (nSPS) is 18.4. The van der Waals surface area contributed by atoms with Crippen LogP contribution in [0.15, 0.2) is 29.3 Å². The minimum atomic E-state index is -0.0240. The number of guanidine groups is 1. The highest BCUT2D eigenvalue weighted by molar-refractivity contribution is 5.94. The number of nitrogens with zero attached hydrogens (tertiary/aromatic N) is 2. The van der Waals surface area contributed by atoms with E-state index in [9.17, 15) is 4.79 Å². The van der Waals surface area contributed by atoms with E-state index in [4.69, 9.17) is 9.73 Å². The molecule has 1 aromatic carbocycles. The fourth-order valence-corrected chi connectivity index (χ4v) is 3.21. The molecule has 0 bridgehead atoms. The van der Waals surface area contributed by atoms with Gasteiger partial charge in [0.1, 0.15) is 0 Å². The maximum Gasteiger partial charge on any atom is 0.251 e. The van der Waals surface area contributed by atoms with Crippen LogP contribution < -0.4 is 10.6 Å². The molecule has 1 heterocycles. The number of ether oxygens (including phenoxy) is 1. The molecule has 2 rings (SSSR count). The van der Waals surface area contributed by atoms with Gasteiger partial charge in [-0.25, -0.2) is 4.99 Å². The van der Waals surface area contributed by atoms with Gasteiger partial charge in [0.25, 0.3) is 5.91 Å². The molecule has 1 aromatic rings. The van der Waals surface area contributed by atoms with Gasteiger partial charge in [-0.2, -0.15) is 0 Å². The van der Waals surface area contributed by atoms with E-state index in [0.29, 0.717) is 18.0 Å². The highest BCUT2D eigenvalue weighted by Gasteiger charge is 2.24. The molecule has 27 heavy (non-hydrogen) atoms. The topological polar surface area (TPSA) is 66.0 Å². The number of rotatable bonds is 8. The van der Waals surface area contributed by atoms with Crippen molar-refractivity contribution < 1.29 is 9.53 Å². The summed E-state index contributed by atoms with van der Waals surface area (Å²) in [5, 5.41) is 6.40. The third kappa shape index (κ3) is 6.54. The first kappa shape index (κ1) is 21.2. The largest absolute Gasteiger partial charge is 0.384 e. The highest BCUT2D eigenvalue weighted by atomic mass is 16.5. The van der Waals surface area contributed by atoms with Crippen molar-refractivity contribution in [2.24, 2.45) is 10.9 Å². The second-order valence-electron chi connectivity index (χ2n) is 7.21. The van der Waals surface area contributed by atoms with Gasteiger partial charge in [-0.3, -0.25) is 4.79 Å². The van der Waals surface area contributed by atoms with Crippen LogP contribution in [0.5, 0.6) is 0 Å². The molecule has 2 unspecified atom stereocenters. The van der Waals surface area contributed by atoms with E-state index in [1.165, 1.54) is 0 Å². The molecule has 1 fully saturated rings. The maximum absolute atomic E-state index is 12.3. The molecule has 0 spiro atoms. The smallest absolute Gasteiger partial charge is 0.251 e. The van der Waals surface area contributed by atoms with Gasteiger partial charge in [-0.1, -0.05) is 19.1 Å². The zero-order chi connectivity index (χ0) is 19.6. The van der Waals surface area contributed by atoms with Crippen LogP contribution >= 0.6 is 0 Å². The van der Waals surface area contributed by atoms with E-state index in [1.807, 2.05) is 31.2 Å². The quantitative estimate of drug-likeness (QED) is 0.542. The van der Waals surface area contributed by atoms with Crippen molar-refractivity contribution in [3.63, 3.8) is 0 Å². The van der Waals surface area contributed by atoms with E-state index >= 15 is 0 Å². The van der Waals surface area contributed by atoms with E-state index in [1.54, 1.807) is 7.11 Å². The lowest BCUT2D eigenvalue weighted by molar-refractivity contribution is 0.0939. The third-order valence-corrected chi connectivity index (χ3v) is 4.91. The Morgan fingerprint density at radius 2 is 2.22 bits per heavy atom. The summed E-state index contributed by atoms with van der Waals surface area (Å²) >= 11 is 0. The average molecular weight is 375 g/mol. The SMILES string of the molecule is CCNC(=NCc1cccc(C(=O)NC(C)CC)c1)N1CCC(COC)C1. The summed E-state index contributed by atoms with van der Waals surface area (Å²) in [5.74, 6) is 1.47. The summed E-state index contributed by atoms with van der Waals surface area (Å²) in [6.07, 6.45) is 2.05. The van der Waals surface area contributed by atoms with Gasteiger partial charge in [0.15, 0.2) is 5.96 Å². The molecule has 1 aliphatic heterocycles. The van der Waals surface area contributed by atoms with Crippen molar-refractivity contribution in [2.45, 2.75) is 46.2 Å². The molecular weight excluding hydrogens is 340 g/mol. The number of benzene rings is 1. The number of carbonyl (C=O) groups excluding carboxylic acids is 1. The fourth-order valence-electron chi connectivity index (χ4n) is 3.21. The summed E-state index contributed by atoms with van der Waals surface area (Å²) in [7, 11) is 1.76. The Bertz CT molecular complexity index is 632. The van der Waals surface area contributed by atoms with Crippen molar-refractivity contribution in [1.82, 2.24) is 15.5 Å². The standard InChI is InChI=1S/C21H34N4O2/c1-5-16(3)24-20(26)19-9-7-8-17(12-19)13-23-21(22-6-2)25-11-10-18(14-25)15-27-4/h7-9,12,16,18H,5-6,10-11,13-15H2,1-4H3,(H,22,23)(H,24,26). The monoisotopic (exact) mass is 374 g/mol. The van der Waals surface area contributed by atoms with Gasteiger partial charge >= 0.3 is 0 Å². The Morgan fingerprint density at radius 3 is 2.93 bits per heavy atom. The van der Waals surface area contributed by atoms with Crippen LogP contribution in [0.25, 0.3) is 0 Å². The number of hydrogen-bond acceptors (Lipinski definition) is 3. The summed E-state index contributed by atoms with van der Waals surface area (Å²) in [5.41, 5.74) is 1.73. The number of aliphatic imine (C=N–C) groups is 1. The lowest BCUT2D eigenvalue weighted by atomic mass is 10.1. The van der Waals surface area contributed by atoms with Crippen LogP contribution in [0, 0.1) is 5.92 Å². The number of likely N-dealkylation sites (tertiary alicyclic amines) is 1. The van der Waals surface area contributed by atoms with Crippen LogP contribution in [0.3, 0.4) is 0 Å². The Kier molecular flexibility index (Phi) is 8.58. The summed E-state index contributed by atoms with van der Waals surface area (Å²) < 4.78 is 5.29. The summed E-state index contributed by atoms with van der Waals surface area (Å²) in [6.45, 7) is 10.3. The summed E-state index contributed by atoms with van der Waals surface area (Å²) in [6, 6.07) is 7.90. The predicted molar refractivity (Wildman–Crippen MR) is 110 cm³/mol. The molecule has 150 valence electrons. The Hall–Kier alpha value is -2.08. The molecule has 0 aromatic heterocycles. The molecule has 2 atom stereocenters. The number of amides is 1. The van der Waals surface area contributed by atoms with Gasteiger partial charge in [0.05, 0.1) is 13.2 Å². The molecule has 1 saturated heterocycles. The van der Waals surface area contributed by atoms with Gasteiger partial charge in [-0.15, -0.1) is 0 Å². The first-order chi connectivity index (χ1) is 13.1. The van der Waals surface area contributed by atoms with Crippen molar-refractivity contribution in [1.29, 1.82) is 0 Å². The van der Waals surface area contributed by atoms with Crippen LogP contribution in [0.2, 0.25) is 0 Å². The predicted octanol–water partition coefficient (Wildman–Crippen LogP) is 2.65. The zero-order valence-corrected chi connectivity index (χ0v) is 17.1. The van der Waals surface area contributed by atoms with E-state index < -0.39 is 0 Å². The maximum atomic E-state index is 12.3. The first-order valence-electron chi connectivity index (χ1n) is 9.99. The molecule has 0 saturated carbocycles. The van der Waals surface area contributed by atoms with Crippen LogP contribution in [-0.2, 0) is 11.3 Å². The van der Waals surface area contributed by atoms with E-state index in [2.05, 4.69) is 29.4 Å². The molecule has 0 aliphatic carbocycles. The zero-order valence-electron chi connectivity index (χ0n) is 17.1. The minimum absolute atomic E-state index is 0.0240. The van der Waals surface area contributed by atoms with Crippen molar-refractivity contribution in [2.75, 3.05) is 33.4 Å². The second kappa shape index (κ2) is 10.9. The molecule has 6 heteroatoms.